The van der Waals surface area contributed by atoms with Gasteiger partial charge in [-0.3, -0.25) is 9.59 Å². The fourth-order valence-electron chi connectivity index (χ4n) is 3.94. The molecule has 0 spiro atoms. The number of hydrogen-bond acceptors (Lipinski definition) is 2. The van der Waals surface area contributed by atoms with Crippen LogP contribution in [0.3, 0.4) is 0 Å². The smallest absolute Gasteiger partial charge is 0.275 e. The van der Waals surface area contributed by atoms with Crippen LogP contribution < -0.4 is 15.5 Å². The molecule has 0 saturated carbocycles. The Morgan fingerprint density at radius 1 is 1.00 bits per heavy atom. The van der Waals surface area contributed by atoms with E-state index in [1.807, 2.05) is 30.3 Å². The molecule has 30 heavy (non-hydrogen) atoms. The Kier molecular flexibility index (Phi) is 8.03. The largest absolute Gasteiger partial charge is 0.351 e. The summed E-state index contributed by atoms with van der Waals surface area (Å²) in [5.41, 5.74) is 3.43. The van der Waals surface area contributed by atoms with Crippen LogP contribution in [-0.4, -0.2) is 38.0 Å². The first-order chi connectivity index (χ1) is 14.5. The summed E-state index contributed by atoms with van der Waals surface area (Å²) >= 11 is 0. The molecule has 0 aromatic heterocycles. The summed E-state index contributed by atoms with van der Waals surface area (Å²) in [5.74, 6) is 0.755. The lowest BCUT2D eigenvalue weighted by Crippen LogP contribution is -3.14. The highest BCUT2D eigenvalue weighted by atomic mass is 16.2. The highest BCUT2D eigenvalue weighted by Crippen LogP contribution is 2.15. The maximum Gasteiger partial charge on any atom is 0.275 e. The molecular weight excluding hydrogens is 374 g/mol. The van der Waals surface area contributed by atoms with Crippen LogP contribution in [0.5, 0.6) is 0 Å². The second kappa shape index (κ2) is 10.9. The van der Waals surface area contributed by atoms with Crippen LogP contribution in [0.25, 0.3) is 0 Å². The van der Waals surface area contributed by atoms with E-state index in [9.17, 15) is 9.59 Å². The lowest BCUT2D eigenvalue weighted by molar-refractivity contribution is -0.897. The van der Waals surface area contributed by atoms with Gasteiger partial charge < -0.3 is 15.5 Å². The zero-order chi connectivity index (χ0) is 21.3. The van der Waals surface area contributed by atoms with E-state index >= 15 is 0 Å². The third-order valence-corrected chi connectivity index (χ3v) is 5.90. The van der Waals surface area contributed by atoms with Gasteiger partial charge in [0.25, 0.3) is 5.91 Å². The van der Waals surface area contributed by atoms with Crippen molar-refractivity contribution in [3.05, 3.63) is 65.7 Å². The number of carbonyl (C=O) groups is 2. The molecule has 160 valence electrons. The molecule has 2 aromatic rings. The molecule has 1 fully saturated rings. The number of quaternary nitrogens is 1. The van der Waals surface area contributed by atoms with Crippen molar-refractivity contribution in [2.75, 3.05) is 31.5 Å². The van der Waals surface area contributed by atoms with Crippen molar-refractivity contribution in [1.29, 1.82) is 0 Å². The van der Waals surface area contributed by atoms with Gasteiger partial charge in [-0.15, -0.1) is 0 Å². The monoisotopic (exact) mass is 408 g/mol. The average molecular weight is 409 g/mol. The highest BCUT2D eigenvalue weighted by molar-refractivity contribution is 5.92. The number of nitrogens with one attached hydrogen (secondary N) is 3. The van der Waals surface area contributed by atoms with Crippen LogP contribution >= 0.6 is 0 Å². The zero-order valence-electron chi connectivity index (χ0n) is 18.1. The van der Waals surface area contributed by atoms with Crippen molar-refractivity contribution >= 4 is 17.5 Å². The van der Waals surface area contributed by atoms with E-state index in [0.717, 1.165) is 38.0 Å². The van der Waals surface area contributed by atoms with Crippen LogP contribution in [0.1, 0.15) is 43.7 Å². The molecule has 3 N–H and O–H groups in total. The van der Waals surface area contributed by atoms with Crippen LogP contribution in [0.2, 0.25) is 0 Å². The van der Waals surface area contributed by atoms with Crippen LogP contribution in [0.4, 0.5) is 5.69 Å². The molecule has 2 aromatic carbocycles. The number of para-hydroxylation sites is 1. The average Bonchev–Trinajstić information content (AvgIpc) is 2.75. The second-order valence-corrected chi connectivity index (χ2v) is 8.55. The summed E-state index contributed by atoms with van der Waals surface area (Å²) in [5, 5.41) is 6.04. The van der Waals surface area contributed by atoms with Gasteiger partial charge in [0.2, 0.25) is 5.91 Å². The predicted octanol–water partition coefficient (Wildman–Crippen LogP) is 2.40. The van der Waals surface area contributed by atoms with Gasteiger partial charge >= 0.3 is 0 Å². The summed E-state index contributed by atoms with van der Waals surface area (Å²) in [6.07, 6.45) is 2.49. The number of rotatable bonds is 8. The van der Waals surface area contributed by atoms with E-state index in [2.05, 4.69) is 48.7 Å². The third-order valence-electron chi connectivity index (χ3n) is 5.90. The quantitative estimate of drug-likeness (QED) is 0.628. The molecule has 0 radical (unpaired) electrons. The topological polar surface area (TPSA) is 62.6 Å². The van der Waals surface area contributed by atoms with Gasteiger partial charge in [0.15, 0.2) is 6.54 Å². The number of hydrogen-bond donors (Lipinski definition) is 3. The Bertz CT molecular complexity index is 810. The Labute approximate surface area is 179 Å². The van der Waals surface area contributed by atoms with Crippen LogP contribution in [0, 0.1) is 5.92 Å². The molecule has 1 saturated heterocycles. The standard InChI is InChI=1S/C25H33N3O2/c1-19(2)21-10-8-20(9-11-21)12-15-26-24(29)18-28-16-13-22(14-17-28)25(30)27-23-6-4-3-5-7-23/h3-11,19,22H,12-18H2,1-2H3,(H,26,29)(H,27,30)/p+1. The van der Waals surface area contributed by atoms with Crippen molar-refractivity contribution in [2.45, 2.75) is 39.0 Å². The van der Waals surface area contributed by atoms with Crippen LogP contribution in [-0.2, 0) is 16.0 Å². The molecule has 0 atom stereocenters. The van der Waals surface area contributed by atoms with Gasteiger partial charge in [0.05, 0.1) is 13.1 Å². The van der Waals surface area contributed by atoms with E-state index in [1.54, 1.807) is 0 Å². The number of likely N-dealkylation sites (tertiary alicyclic amines) is 1. The first kappa shape index (κ1) is 22.0. The maximum absolute atomic E-state index is 12.4. The Morgan fingerprint density at radius 3 is 2.30 bits per heavy atom. The van der Waals surface area contributed by atoms with E-state index in [-0.39, 0.29) is 17.7 Å². The van der Waals surface area contributed by atoms with Crippen molar-refractivity contribution in [3.8, 4) is 0 Å². The van der Waals surface area contributed by atoms with E-state index in [1.165, 1.54) is 16.0 Å². The summed E-state index contributed by atoms with van der Waals surface area (Å²) in [4.78, 5) is 26.0. The van der Waals surface area contributed by atoms with Crippen LogP contribution in [0.15, 0.2) is 54.6 Å². The molecule has 1 aliphatic rings. The first-order valence-corrected chi connectivity index (χ1v) is 11.1. The summed E-state index contributed by atoms with van der Waals surface area (Å²) in [7, 11) is 0. The molecule has 0 aliphatic carbocycles. The van der Waals surface area contributed by atoms with Crippen molar-refractivity contribution in [1.82, 2.24) is 5.32 Å². The van der Waals surface area contributed by atoms with Crippen molar-refractivity contribution in [2.24, 2.45) is 5.92 Å². The molecule has 1 aliphatic heterocycles. The summed E-state index contributed by atoms with van der Waals surface area (Å²) in [6, 6.07) is 18.2. The number of anilines is 1. The molecule has 0 unspecified atom stereocenters. The van der Waals surface area contributed by atoms with E-state index in [0.29, 0.717) is 19.0 Å². The van der Waals surface area contributed by atoms with Crippen molar-refractivity contribution in [3.63, 3.8) is 0 Å². The number of piperidine rings is 1. The minimum atomic E-state index is 0.0332. The normalized spacial score (nSPS) is 18.8. The molecule has 1 heterocycles. The van der Waals surface area contributed by atoms with E-state index in [4.69, 9.17) is 0 Å². The summed E-state index contributed by atoms with van der Waals surface area (Å²) < 4.78 is 0. The second-order valence-electron chi connectivity index (χ2n) is 8.55. The minimum Gasteiger partial charge on any atom is -0.351 e. The Morgan fingerprint density at radius 2 is 1.67 bits per heavy atom. The zero-order valence-corrected chi connectivity index (χ0v) is 18.1. The SMILES string of the molecule is CC(C)c1ccc(CCNC(=O)C[NH+]2CCC(C(=O)Nc3ccccc3)CC2)cc1. The van der Waals surface area contributed by atoms with Gasteiger partial charge in [0, 0.05) is 31.0 Å². The maximum atomic E-state index is 12.4. The molecule has 2 amide bonds. The predicted molar refractivity (Wildman–Crippen MR) is 121 cm³/mol. The Hall–Kier alpha value is -2.66. The van der Waals surface area contributed by atoms with Gasteiger partial charge in [-0.1, -0.05) is 56.3 Å². The molecule has 5 heteroatoms. The lowest BCUT2D eigenvalue weighted by atomic mass is 9.96. The van der Waals surface area contributed by atoms with Gasteiger partial charge in [-0.2, -0.15) is 0 Å². The van der Waals surface area contributed by atoms with Gasteiger partial charge in [-0.05, 0) is 35.6 Å². The molecule has 0 bridgehead atoms. The number of carbonyl (C=O) groups excluding carboxylic acids is 2. The van der Waals surface area contributed by atoms with E-state index < -0.39 is 0 Å². The fourth-order valence-corrected chi connectivity index (χ4v) is 3.94. The number of amides is 2. The molecule has 5 nitrogen and oxygen atoms in total. The lowest BCUT2D eigenvalue weighted by Gasteiger charge is -2.28. The fraction of sp³-hybridized carbons (Fsp3) is 0.440. The highest BCUT2D eigenvalue weighted by Gasteiger charge is 2.28. The number of benzene rings is 2. The van der Waals surface area contributed by atoms with Gasteiger partial charge in [0.1, 0.15) is 0 Å². The Balaban J connectivity index is 1.33. The summed E-state index contributed by atoms with van der Waals surface area (Å²) in [6.45, 7) is 7.24. The van der Waals surface area contributed by atoms with Gasteiger partial charge in [-0.25, -0.2) is 0 Å². The molecular formula is C25H34N3O2+. The van der Waals surface area contributed by atoms with Crippen molar-refractivity contribution < 1.29 is 14.5 Å². The molecule has 3 rings (SSSR count). The first-order valence-electron chi connectivity index (χ1n) is 11.1. The third kappa shape index (κ3) is 6.70. The minimum absolute atomic E-state index is 0.0332.